The zero-order chi connectivity index (χ0) is 37.2. The zero-order valence-corrected chi connectivity index (χ0v) is 34.0. The lowest BCUT2D eigenvalue weighted by atomic mass is 10.1. The van der Waals surface area contributed by atoms with Crippen molar-refractivity contribution in [3.63, 3.8) is 0 Å². The molecule has 9 heteroatoms. The maximum atomic E-state index is 12.8. The Morgan fingerprint density at radius 3 is 1.64 bits per heavy atom. The summed E-state index contributed by atoms with van der Waals surface area (Å²) in [6.07, 6.45) is 38.9. The van der Waals surface area contributed by atoms with Gasteiger partial charge in [0.25, 0.3) is 7.82 Å². The molecule has 1 amide bonds. The lowest BCUT2D eigenvalue weighted by Gasteiger charge is -2.29. The number of rotatable bonds is 36. The van der Waals surface area contributed by atoms with E-state index in [0.717, 1.165) is 51.4 Å². The molecule has 0 saturated carbocycles. The van der Waals surface area contributed by atoms with Crippen LogP contribution in [0.1, 0.15) is 168 Å². The van der Waals surface area contributed by atoms with Crippen molar-refractivity contribution >= 4 is 13.7 Å². The van der Waals surface area contributed by atoms with Crippen molar-refractivity contribution in [2.45, 2.75) is 180 Å². The molecule has 0 bridgehead atoms. The van der Waals surface area contributed by atoms with Crippen LogP contribution < -0.4 is 10.2 Å². The van der Waals surface area contributed by atoms with Gasteiger partial charge in [0, 0.05) is 6.42 Å². The van der Waals surface area contributed by atoms with E-state index in [1.165, 1.54) is 96.3 Å². The van der Waals surface area contributed by atoms with Gasteiger partial charge in [-0.25, -0.2) is 0 Å². The highest BCUT2D eigenvalue weighted by Gasteiger charge is 2.23. The first-order valence-electron chi connectivity index (χ1n) is 20.4. The van der Waals surface area contributed by atoms with Crippen LogP contribution in [0, 0.1) is 0 Å². The van der Waals surface area contributed by atoms with Gasteiger partial charge in [0.05, 0.1) is 39.9 Å². The Morgan fingerprint density at radius 1 is 0.680 bits per heavy atom. The number of phosphoric ester groups is 1. The molecular weight excluding hydrogens is 647 g/mol. The van der Waals surface area contributed by atoms with Crippen molar-refractivity contribution in [2.24, 2.45) is 0 Å². The Morgan fingerprint density at radius 2 is 1.14 bits per heavy atom. The molecule has 0 aromatic rings. The van der Waals surface area contributed by atoms with E-state index in [4.69, 9.17) is 9.05 Å². The van der Waals surface area contributed by atoms with Gasteiger partial charge in [-0.15, -0.1) is 0 Å². The van der Waals surface area contributed by atoms with Crippen molar-refractivity contribution in [3.8, 4) is 0 Å². The number of carbonyl (C=O) groups is 1. The van der Waals surface area contributed by atoms with Gasteiger partial charge in [-0.05, 0) is 64.2 Å². The van der Waals surface area contributed by atoms with Crippen LogP contribution in [0.2, 0.25) is 0 Å². The highest BCUT2D eigenvalue weighted by molar-refractivity contribution is 7.45. The van der Waals surface area contributed by atoms with E-state index in [9.17, 15) is 19.4 Å². The van der Waals surface area contributed by atoms with Crippen LogP contribution in [0.4, 0.5) is 0 Å². The number of carbonyl (C=O) groups excluding carboxylic acids is 1. The third-order valence-electron chi connectivity index (χ3n) is 8.79. The quantitative estimate of drug-likeness (QED) is 0.0288. The molecule has 0 saturated heterocycles. The molecule has 0 spiro atoms. The number of unbranched alkanes of at least 4 members (excludes halogenated alkanes) is 19. The maximum Gasteiger partial charge on any atom is 0.268 e. The van der Waals surface area contributed by atoms with Crippen molar-refractivity contribution in [1.29, 1.82) is 0 Å². The van der Waals surface area contributed by atoms with Crippen LogP contribution in [0.25, 0.3) is 0 Å². The van der Waals surface area contributed by atoms with E-state index in [1.54, 1.807) is 6.08 Å². The second kappa shape index (κ2) is 33.5. The Balaban J connectivity index is 4.52. The van der Waals surface area contributed by atoms with Crippen LogP contribution in [-0.4, -0.2) is 68.5 Å². The number of quaternary nitrogens is 1. The lowest BCUT2D eigenvalue weighted by Crippen LogP contribution is -2.45. The lowest BCUT2D eigenvalue weighted by molar-refractivity contribution is -0.870. The molecule has 0 aliphatic rings. The Bertz CT molecular complexity index is 917. The molecule has 2 N–H and O–H groups in total. The summed E-state index contributed by atoms with van der Waals surface area (Å²) in [5, 5.41) is 13.7. The van der Waals surface area contributed by atoms with Crippen LogP contribution in [0.3, 0.4) is 0 Å². The second-order valence-electron chi connectivity index (χ2n) is 15.0. The summed E-state index contributed by atoms with van der Waals surface area (Å²) in [5.74, 6) is -0.212. The fourth-order valence-corrected chi connectivity index (χ4v) is 6.22. The van der Waals surface area contributed by atoms with Gasteiger partial charge in [-0.2, -0.15) is 0 Å². The minimum absolute atomic E-state index is 0.00471. The zero-order valence-electron chi connectivity index (χ0n) is 33.1. The Hall–Kier alpha value is -1.28. The van der Waals surface area contributed by atoms with E-state index in [-0.39, 0.29) is 19.1 Å². The molecule has 0 heterocycles. The summed E-state index contributed by atoms with van der Waals surface area (Å²) >= 11 is 0. The minimum Gasteiger partial charge on any atom is -0.756 e. The van der Waals surface area contributed by atoms with Gasteiger partial charge in [0.1, 0.15) is 13.2 Å². The number of hydrogen-bond acceptors (Lipinski definition) is 6. The highest BCUT2D eigenvalue weighted by Crippen LogP contribution is 2.38. The molecule has 0 aromatic heterocycles. The third kappa shape index (κ3) is 35.1. The van der Waals surface area contributed by atoms with E-state index < -0.39 is 20.0 Å². The molecule has 0 aromatic carbocycles. The largest absolute Gasteiger partial charge is 0.756 e. The molecule has 0 aliphatic carbocycles. The topological polar surface area (TPSA) is 108 Å². The number of nitrogens with zero attached hydrogens (tertiary/aromatic N) is 1. The SMILES string of the molecule is CCC/C=C/CCCCCCCC/C=C/[C@@H](O)[C@H](COP(=O)([O-])OCC[N+](C)(C)C)NC(=O)CCCCCCC/C=C/CCCCCCCC. The number of nitrogens with one attached hydrogen (secondary N) is 1. The molecule has 0 aliphatic heterocycles. The summed E-state index contributed by atoms with van der Waals surface area (Å²) < 4.78 is 23.1. The van der Waals surface area contributed by atoms with Gasteiger partial charge in [0.2, 0.25) is 5.91 Å². The normalized spacial score (nSPS) is 14.9. The van der Waals surface area contributed by atoms with E-state index in [2.05, 4.69) is 43.5 Å². The van der Waals surface area contributed by atoms with Crippen molar-refractivity contribution in [2.75, 3.05) is 40.9 Å². The number of allylic oxidation sites excluding steroid dienone is 5. The first-order valence-corrected chi connectivity index (χ1v) is 21.8. The Kier molecular flexibility index (Phi) is 32.7. The Labute approximate surface area is 308 Å². The highest BCUT2D eigenvalue weighted by atomic mass is 31.2. The number of phosphoric acid groups is 1. The predicted molar refractivity (Wildman–Crippen MR) is 210 cm³/mol. The smallest absolute Gasteiger partial charge is 0.268 e. The monoisotopic (exact) mass is 727 g/mol. The van der Waals surface area contributed by atoms with Crippen LogP contribution in [0.5, 0.6) is 0 Å². The fourth-order valence-electron chi connectivity index (χ4n) is 5.50. The number of amides is 1. The van der Waals surface area contributed by atoms with Crippen LogP contribution in [-0.2, 0) is 18.4 Å². The van der Waals surface area contributed by atoms with Crippen LogP contribution >= 0.6 is 7.82 Å². The summed E-state index contributed by atoms with van der Waals surface area (Å²) in [6.45, 7) is 4.55. The molecule has 8 nitrogen and oxygen atoms in total. The first-order chi connectivity index (χ1) is 24.0. The molecule has 1 unspecified atom stereocenters. The van der Waals surface area contributed by atoms with E-state index >= 15 is 0 Å². The van der Waals surface area contributed by atoms with Crippen molar-refractivity contribution < 1.29 is 32.9 Å². The molecule has 294 valence electrons. The van der Waals surface area contributed by atoms with Crippen molar-refractivity contribution in [3.05, 3.63) is 36.5 Å². The maximum absolute atomic E-state index is 12.8. The summed E-state index contributed by atoms with van der Waals surface area (Å²) in [6, 6.07) is -0.891. The molecule has 0 radical (unpaired) electrons. The van der Waals surface area contributed by atoms with Gasteiger partial charge in [0.15, 0.2) is 0 Å². The summed E-state index contributed by atoms with van der Waals surface area (Å²) in [5.41, 5.74) is 0. The van der Waals surface area contributed by atoms with E-state index in [1.807, 2.05) is 27.2 Å². The van der Waals surface area contributed by atoms with Crippen molar-refractivity contribution in [1.82, 2.24) is 5.32 Å². The minimum atomic E-state index is -4.58. The van der Waals surface area contributed by atoms with Gasteiger partial charge < -0.3 is 28.8 Å². The second-order valence-corrected chi connectivity index (χ2v) is 16.4. The third-order valence-corrected chi connectivity index (χ3v) is 9.76. The molecular formula is C41H79N2O6P. The molecule has 0 rings (SSSR count). The summed E-state index contributed by atoms with van der Waals surface area (Å²) in [4.78, 5) is 25.2. The number of aliphatic hydroxyl groups is 1. The standard InChI is InChI=1S/C41H79N2O6P/c1-6-8-10-12-14-16-18-20-21-23-25-27-29-31-33-35-41(45)42-39(38-49-50(46,47)48-37-36-43(3,4)5)40(44)34-32-30-28-26-24-22-19-17-15-13-11-9-7-2/h11,13,20-21,32,34,39-40,44H,6-10,12,14-19,22-31,33,35-38H2,1-5H3,(H-,42,45,46,47)/b13-11+,21-20+,34-32+/t39-,40+/m0/s1. The fraction of sp³-hybridized carbons (Fsp3) is 0.829. The van der Waals surface area contributed by atoms with Crippen LogP contribution in [0.15, 0.2) is 36.5 Å². The average molecular weight is 727 g/mol. The van der Waals surface area contributed by atoms with E-state index in [0.29, 0.717) is 17.4 Å². The predicted octanol–water partition coefficient (Wildman–Crippen LogP) is 10.1. The molecule has 3 atom stereocenters. The van der Waals surface area contributed by atoms with Gasteiger partial charge >= 0.3 is 0 Å². The first kappa shape index (κ1) is 48.7. The number of aliphatic hydroxyl groups excluding tert-OH is 1. The summed E-state index contributed by atoms with van der Waals surface area (Å²) in [7, 11) is 1.24. The van der Waals surface area contributed by atoms with Gasteiger partial charge in [-0.3, -0.25) is 9.36 Å². The van der Waals surface area contributed by atoms with Gasteiger partial charge in [-0.1, -0.05) is 134 Å². The average Bonchev–Trinajstić information content (AvgIpc) is 3.06. The molecule has 0 fully saturated rings. The molecule has 50 heavy (non-hydrogen) atoms. The number of likely N-dealkylation sites (N-methyl/N-ethyl adjacent to an activating group) is 1. The number of hydrogen-bond donors (Lipinski definition) is 2.